The minimum Gasteiger partial charge on any atom is -0.267 e. The van der Waals surface area contributed by atoms with Gasteiger partial charge in [-0.15, -0.1) is 0 Å². The van der Waals surface area contributed by atoms with Crippen molar-refractivity contribution in [3.8, 4) is 0 Å². The molecule has 24 heavy (non-hydrogen) atoms. The van der Waals surface area contributed by atoms with Crippen molar-refractivity contribution >= 4 is 27.5 Å². The smallest absolute Gasteiger partial charge is 0.267 e. The molecule has 3 aromatic carbocycles. The van der Waals surface area contributed by atoms with E-state index in [-0.39, 0.29) is 5.91 Å². The summed E-state index contributed by atoms with van der Waals surface area (Å²) in [4.78, 5) is 12.2. The second-order valence-corrected chi connectivity index (χ2v) is 6.06. The predicted octanol–water partition coefficient (Wildman–Crippen LogP) is 4.63. The summed E-state index contributed by atoms with van der Waals surface area (Å²) in [6.07, 6.45) is 0. The third-order valence-electron chi connectivity index (χ3n) is 3.47. The van der Waals surface area contributed by atoms with E-state index in [1.807, 2.05) is 72.8 Å². The summed E-state index contributed by atoms with van der Waals surface area (Å²) in [5, 5.41) is 4.37. The van der Waals surface area contributed by atoms with Crippen LogP contribution in [0.5, 0.6) is 0 Å². The van der Waals surface area contributed by atoms with E-state index in [4.69, 9.17) is 0 Å². The highest BCUT2D eigenvalue weighted by Gasteiger charge is 2.09. The Balaban J connectivity index is 1.93. The van der Waals surface area contributed by atoms with Crippen molar-refractivity contribution in [2.75, 3.05) is 0 Å². The molecule has 0 saturated heterocycles. The zero-order valence-electron chi connectivity index (χ0n) is 12.8. The summed E-state index contributed by atoms with van der Waals surface area (Å²) >= 11 is 3.43. The minimum atomic E-state index is -0.235. The van der Waals surface area contributed by atoms with Gasteiger partial charge in [-0.25, -0.2) is 5.43 Å². The third-order valence-corrected chi connectivity index (χ3v) is 4.00. The Morgan fingerprint density at radius 2 is 1.21 bits per heavy atom. The Morgan fingerprint density at radius 1 is 0.708 bits per heavy atom. The first-order valence-electron chi connectivity index (χ1n) is 7.48. The highest BCUT2D eigenvalue weighted by atomic mass is 79.9. The fourth-order valence-electron chi connectivity index (χ4n) is 2.26. The van der Waals surface area contributed by atoms with Gasteiger partial charge in [0.05, 0.1) is 5.71 Å². The van der Waals surface area contributed by atoms with Crippen LogP contribution >= 0.6 is 15.9 Å². The van der Waals surface area contributed by atoms with E-state index in [0.717, 1.165) is 15.6 Å². The summed E-state index contributed by atoms with van der Waals surface area (Å²) < 4.78 is 0.993. The largest absolute Gasteiger partial charge is 0.271 e. The molecule has 0 spiro atoms. The maximum absolute atomic E-state index is 12.2. The van der Waals surface area contributed by atoms with Crippen molar-refractivity contribution in [2.24, 2.45) is 5.10 Å². The van der Waals surface area contributed by atoms with Crippen LogP contribution in [-0.2, 0) is 0 Å². The second-order valence-electron chi connectivity index (χ2n) is 5.14. The Bertz CT molecular complexity index is 844. The Labute approximate surface area is 149 Å². The van der Waals surface area contributed by atoms with E-state index >= 15 is 0 Å². The van der Waals surface area contributed by atoms with Crippen molar-refractivity contribution in [2.45, 2.75) is 0 Å². The average molecular weight is 379 g/mol. The molecule has 118 valence electrons. The van der Waals surface area contributed by atoms with Crippen molar-refractivity contribution in [3.05, 3.63) is 106 Å². The SMILES string of the molecule is O=C(NN=C(c1ccccc1)c1ccc(Br)cc1)c1ccccc1. The first kappa shape index (κ1) is 16.1. The van der Waals surface area contributed by atoms with Crippen LogP contribution in [0.4, 0.5) is 0 Å². The number of amides is 1. The molecule has 1 amide bonds. The molecule has 3 aromatic rings. The summed E-state index contributed by atoms with van der Waals surface area (Å²) in [6.45, 7) is 0. The predicted molar refractivity (Wildman–Crippen MR) is 100 cm³/mol. The Kier molecular flexibility index (Phi) is 5.18. The maximum atomic E-state index is 12.2. The number of carbonyl (C=O) groups excluding carboxylic acids is 1. The van der Waals surface area contributed by atoms with Crippen LogP contribution in [0.25, 0.3) is 0 Å². The molecule has 0 aliphatic heterocycles. The number of rotatable bonds is 4. The summed E-state index contributed by atoms with van der Waals surface area (Å²) in [5.74, 6) is -0.235. The number of carbonyl (C=O) groups is 1. The molecule has 3 rings (SSSR count). The number of halogens is 1. The van der Waals surface area contributed by atoms with Gasteiger partial charge in [0.25, 0.3) is 5.91 Å². The van der Waals surface area contributed by atoms with Crippen LogP contribution < -0.4 is 5.43 Å². The lowest BCUT2D eigenvalue weighted by molar-refractivity contribution is 0.0955. The fourth-order valence-corrected chi connectivity index (χ4v) is 2.52. The molecular formula is C20H15BrN2O. The number of hydrazone groups is 1. The molecular weight excluding hydrogens is 364 g/mol. The lowest BCUT2D eigenvalue weighted by atomic mass is 10.0. The van der Waals surface area contributed by atoms with Gasteiger partial charge in [-0.05, 0) is 24.3 Å². The molecule has 0 aliphatic carbocycles. The van der Waals surface area contributed by atoms with Crippen LogP contribution in [0.3, 0.4) is 0 Å². The monoisotopic (exact) mass is 378 g/mol. The van der Waals surface area contributed by atoms with Gasteiger partial charge in [0.15, 0.2) is 0 Å². The zero-order chi connectivity index (χ0) is 16.8. The van der Waals surface area contributed by atoms with E-state index in [0.29, 0.717) is 11.3 Å². The number of hydrogen-bond donors (Lipinski definition) is 1. The average Bonchev–Trinajstić information content (AvgIpc) is 2.65. The number of nitrogens with one attached hydrogen (secondary N) is 1. The van der Waals surface area contributed by atoms with E-state index in [1.165, 1.54) is 0 Å². The summed E-state index contributed by atoms with van der Waals surface area (Å²) in [5.41, 5.74) is 5.80. The second kappa shape index (κ2) is 7.70. The van der Waals surface area contributed by atoms with E-state index in [2.05, 4.69) is 26.5 Å². The molecule has 1 N–H and O–H groups in total. The van der Waals surface area contributed by atoms with Crippen molar-refractivity contribution in [1.29, 1.82) is 0 Å². The normalized spacial score (nSPS) is 11.1. The Hall–Kier alpha value is -2.72. The van der Waals surface area contributed by atoms with Gasteiger partial charge >= 0.3 is 0 Å². The van der Waals surface area contributed by atoms with Crippen molar-refractivity contribution in [3.63, 3.8) is 0 Å². The van der Waals surface area contributed by atoms with Gasteiger partial charge in [0.2, 0.25) is 0 Å². The van der Waals surface area contributed by atoms with Crippen LogP contribution in [-0.4, -0.2) is 11.6 Å². The van der Waals surface area contributed by atoms with Crippen molar-refractivity contribution in [1.82, 2.24) is 5.43 Å². The molecule has 0 saturated carbocycles. The molecule has 0 atom stereocenters. The van der Waals surface area contributed by atoms with Gasteiger partial charge < -0.3 is 0 Å². The van der Waals surface area contributed by atoms with E-state index in [9.17, 15) is 4.79 Å². The number of benzene rings is 3. The molecule has 0 aliphatic rings. The van der Waals surface area contributed by atoms with Gasteiger partial charge in [-0.1, -0.05) is 76.6 Å². The number of nitrogens with zero attached hydrogens (tertiary/aromatic N) is 1. The summed E-state index contributed by atoms with van der Waals surface area (Å²) in [7, 11) is 0. The maximum Gasteiger partial charge on any atom is 0.271 e. The van der Waals surface area contributed by atoms with Gasteiger partial charge in [-0.3, -0.25) is 4.79 Å². The third kappa shape index (κ3) is 3.97. The molecule has 0 unspecified atom stereocenters. The molecule has 0 bridgehead atoms. The van der Waals surface area contributed by atoms with E-state index in [1.54, 1.807) is 12.1 Å². The van der Waals surface area contributed by atoms with Crippen LogP contribution in [0.15, 0.2) is 94.5 Å². The standard InChI is InChI=1S/C20H15BrN2O/c21-18-13-11-16(12-14-18)19(15-7-3-1-4-8-15)22-23-20(24)17-9-5-2-6-10-17/h1-14H,(H,23,24). The van der Waals surface area contributed by atoms with Crippen LogP contribution in [0.1, 0.15) is 21.5 Å². The molecule has 3 nitrogen and oxygen atoms in total. The highest BCUT2D eigenvalue weighted by Crippen LogP contribution is 2.15. The van der Waals surface area contributed by atoms with Crippen LogP contribution in [0.2, 0.25) is 0 Å². The Morgan fingerprint density at radius 3 is 1.79 bits per heavy atom. The van der Waals surface area contributed by atoms with Gasteiger partial charge in [0.1, 0.15) is 0 Å². The molecule has 0 heterocycles. The lowest BCUT2D eigenvalue weighted by Gasteiger charge is -2.08. The molecule has 0 fully saturated rings. The fraction of sp³-hybridized carbons (Fsp3) is 0. The molecule has 0 radical (unpaired) electrons. The van der Waals surface area contributed by atoms with Gasteiger partial charge in [0, 0.05) is 21.2 Å². The van der Waals surface area contributed by atoms with Crippen LogP contribution in [0, 0.1) is 0 Å². The highest BCUT2D eigenvalue weighted by molar-refractivity contribution is 9.10. The topological polar surface area (TPSA) is 41.5 Å². The van der Waals surface area contributed by atoms with Gasteiger partial charge in [-0.2, -0.15) is 5.10 Å². The first-order valence-corrected chi connectivity index (χ1v) is 8.28. The number of hydrogen-bond acceptors (Lipinski definition) is 2. The van der Waals surface area contributed by atoms with Crippen molar-refractivity contribution < 1.29 is 4.79 Å². The molecule has 0 aromatic heterocycles. The zero-order valence-corrected chi connectivity index (χ0v) is 14.4. The quantitative estimate of drug-likeness (QED) is 0.521. The summed E-state index contributed by atoms with van der Waals surface area (Å²) in [6, 6.07) is 26.6. The van der Waals surface area contributed by atoms with E-state index < -0.39 is 0 Å². The first-order chi connectivity index (χ1) is 11.7. The molecule has 4 heteroatoms. The minimum absolute atomic E-state index is 0.235. The lowest BCUT2D eigenvalue weighted by Crippen LogP contribution is -2.20.